The molecular formula is C13H15N3O. The fourth-order valence-electron chi connectivity index (χ4n) is 2.37. The summed E-state index contributed by atoms with van der Waals surface area (Å²) in [5.41, 5.74) is 3.12. The minimum Gasteiger partial charge on any atom is -0.316 e. The van der Waals surface area contributed by atoms with E-state index in [9.17, 15) is 4.79 Å². The van der Waals surface area contributed by atoms with Gasteiger partial charge in [-0.05, 0) is 25.1 Å². The van der Waals surface area contributed by atoms with E-state index in [2.05, 4.69) is 10.4 Å². The van der Waals surface area contributed by atoms with E-state index in [0.717, 1.165) is 42.9 Å². The van der Waals surface area contributed by atoms with E-state index in [1.807, 2.05) is 35.0 Å². The van der Waals surface area contributed by atoms with Crippen molar-refractivity contribution in [3.8, 4) is 5.69 Å². The standard InChI is InChI=1S/C13H15N3O/c17-13-11-6-8-14-9-7-12(11)16(15-13)10-4-2-1-3-5-10/h1-5,14H,6-9H2,(H,15,17). The maximum Gasteiger partial charge on any atom is 0.267 e. The second-order valence-corrected chi connectivity index (χ2v) is 4.29. The Kier molecular flexibility index (Phi) is 2.57. The van der Waals surface area contributed by atoms with E-state index in [1.165, 1.54) is 0 Å². The molecule has 88 valence electrons. The van der Waals surface area contributed by atoms with Gasteiger partial charge in [-0.2, -0.15) is 0 Å². The molecule has 2 N–H and O–H groups in total. The van der Waals surface area contributed by atoms with Gasteiger partial charge in [-0.25, -0.2) is 0 Å². The van der Waals surface area contributed by atoms with Crippen LogP contribution in [0.4, 0.5) is 0 Å². The van der Waals surface area contributed by atoms with E-state index >= 15 is 0 Å². The van der Waals surface area contributed by atoms with Gasteiger partial charge >= 0.3 is 0 Å². The number of nitrogens with one attached hydrogen (secondary N) is 2. The maximum absolute atomic E-state index is 11.9. The molecule has 3 rings (SSSR count). The van der Waals surface area contributed by atoms with E-state index in [4.69, 9.17) is 0 Å². The van der Waals surface area contributed by atoms with Gasteiger partial charge in [0.25, 0.3) is 5.56 Å². The van der Waals surface area contributed by atoms with Gasteiger partial charge in [-0.1, -0.05) is 18.2 Å². The number of H-pyrrole nitrogens is 1. The molecule has 4 heteroatoms. The van der Waals surface area contributed by atoms with E-state index < -0.39 is 0 Å². The number of aromatic amines is 1. The highest BCUT2D eigenvalue weighted by atomic mass is 16.1. The number of fused-ring (bicyclic) bond motifs is 1. The quantitative estimate of drug-likeness (QED) is 0.761. The Morgan fingerprint density at radius 3 is 2.65 bits per heavy atom. The summed E-state index contributed by atoms with van der Waals surface area (Å²) in [6.45, 7) is 1.81. The third-order valence-electron chi connectivity index (χ3n) is 3.21. The van der Waals surface area contributed by atoms with E-state index in [0.29, 0.717) is 0 Å². The van der Waals surface area contributed by atoms with Gasteiger partial charge in [0.2, 0.25) is 0 Å². The van der Waals surface area contributed by atoms with Crippen LogP contribution < -0.4 is 10.9 Å². The van der Waals surface area contributed by atoms with Crippen molar-refractivity contribution in [1.29, 1.82) is 0 Å². The molecule has 0 saturated heterocycles. The second kappa shape index (κ2) is 4.22. The third-order valence-corrected chi connectivity index (χ3v) is 3.21. The van der Waals surface area contributed by atoms with Gasteiger partial charge in [0.1, 0.15) is 0 Å². The molecule has 0 unspecified atom stereocenters. The first-order valence-corrected chi connectivity index (χ1v) is 5.95. The molecule has 1 aromatic carbocycles. The van der Waals surface area contributed by atoms with Gasteiger partial charge in [0, 0.05) is 18.5 Å². The first-order valence-electron chi connectivity index (χ1n) is 5.95. The van der Waals surface area contributed by atoms with Crippen molar-refractivity contribution in [2.24, 2.45) is 0 Å². The minimum absolute atomic E-state index is 0.0487. The zero-order valence-electron chi connectivity index (χ0n) is 9.57. The predicted octanol–water partition coefficient (Wildman–Crippen LogP) is 0.854. The normalized spacial score (nSPS) is 15.3. The van der Waals surface area contributed by atoms with E-state index in [1.54, 1.807) is 0 Å². The lowest BCUT2D eigenvalue weighted by atomic mass is 10.1. The number of hydrogen-bond acceptors (Lipinski definition) is 2. The number of benzene rings is 1. The second-order valence-electron chi connectivity index (χ2n) is 4.29. The summed E-state index contributed by atoms with van der Waals surface area (Å²) in [4.78, 5) is 11.9. The molecule has 0 amide bonds. The molecule has 0 atom stereocenters. The number of para-hydroxylation sites is 1. The van der Waals surface area contributed by atoms with Crippen molar-refractivity contribution in [3.05, 3.63) is 51.9 Å². The monoisotopic (exact) mass is 229 g/mol. The summed E-state index contributed by atoms with van der Waals surface area (Å²) >= 11 is 0. The molecule has 4 nitrogen and oxygen atoms in total. The summed E-state index contributed by atoms with van der Waals surface area (Å²) in [5, 5.41) is 6.25. The number of aromatic nitrogens is 2. The van der Waals surface area contributed by atoms with Gasteiger partial charge in [0.05, 0.1) is 11.4 Å². The fraction of sp³-hybridized carbons (Fsp3) is 0.308. The lowest BCUT2D eigenvalue weighted by Gasteiger charge is -2.07. The highest BCUT2D eigenvalue weighted by Gasteiger charge is 2.17. The molecule has 2 aromatic rings. The highest BCUT2D eigenvalue weighted by Crippen LogP contribution is 2.14. The molecule has 0 aliphatic carbocycles. The lowest BCUT2D eigenvalue weighted by molar-refractivity contribution is 0.688. The number of hydrogen-bond donors (Lipinski definition) is 2. The highest BCUT2D eigenvalue weighted by molar-refractivity contribution is 5.35. The molecule has 0 saturated carbocycles. The van der Waals surface area contributed by atoms with Gasteiger partial charge in [-0.3, -0.25) is 14.6 Å². The summed E-state index contributed by atoms with van der Waals surface area (Å²) in [7, 11) is 0. The first-order chi connectivity index (χ1) is 8.36. The van der Waals surface area contributed by atoms with Gasteiger partial charge in [-0.15, -0.1) is 0 Å². The van der Waals surface area contributed by atoms with Crippen molar-refractivity contribution in [1.82, 2.24) is 15.1 Å². The maximum atomic E-state index is 11.9. The average molecular weight is 229 g/mol. The van der Waals surface area contributed by atoms with Gasteiger partial charge < -0.3 is 5.32 Å². The summed E-state index contributed by atoms with van der Waals surface area (Å²) in [6, 6.07) is 9.96. The Morgan fingerprint density at radius 2 is 1.82 bits per heavy atom. The average Bonchev–Trinajstić information content (AvgIpc) is 2.57. The van der Waals surface area contributed by atoms with Crippen molar-refractivity contribution in [2.75, 3.05) is 13.1 Å². The zero-order valence-corrected chi connectivity index (χ0v) is 9.57. The van der Waals surface area contributed by atoms with Crippen molar-refractivity contribution >= 4 is 0 Å². The Hall–Kier alpha value is -1.81. The molecule has 2 heterocycles. The Morgan fingerprint density at radius 1 is 1.06 bits per heavy atom. The molecule has 1 aliphatic heterocycles. The van der Waals surface area contributed by atoms with Crippen LogP contribution in [0.15, 0.2) is 35.1 Å². The van der Waals surface area contributed by atoms with Crippen LogP contribution in [0.2, 0.25) is 0 Å². The van der Waals surface area contributed by atoms with Crippen LogP contribution in [0.1, 0.15) is 11.3 Å². The smallest absolute Gasteiger partial charge is 0.267 e. The molecule has 0 spiro atoms. The van der Waals surface area contributed by atoms with Crippen LogP contribution in [0.3, 0.4) is 0 Å². The van der Waals surface area contributed by atoms with Crippen LogP contribution in [0, 0.1) is 0 Å². The SMILES string of the molecule is O=c1[nH]n(-c2ccccc2)c2c1CCNCC2. The Bertz CT molecular complexity index is 568. The molecule has 0 bridgehead atoms. The molecular weight excluding hydrogens is 214 g/mol. The number of rotatable bonds is 1. The lowest BCUT2D eigenvalue weighted by Crippen LogP contribution is -2.19. The van der Waals surface area contributed by atoms with Crippen LogP contribution in [0.25, 0.3) is 5.69 Å². The fourth-order valence-corrected chi connectivity index (χ4v) is 2.37. The van der Waals surface area contributed by atoms with Crippen molar-refractivity contribution in [2.45, 2.75) is 12.8 Å². The Labute approximate surface area is 99.3 Å². The number of nitrogens with zero attached hydrogens (tertiary/aromatic N) is 1. The van der Waals surface area contributed by atoms with Crippen LogP contribution in [-0.4, -0.2) is 22.9 Å². The zero-order chi connectivity index (χ0) is 11.7. The first kappa shape index (κ1) is 10.4. The van der Waals surface area contributed by atoms with E-state index in [-0.39, 0.29) is 5.56 Å². The molecule has 1 aromatic heterocycles. The largest absolute Gasteiger partial charge is 0.316 e. The van der Waals surface area contributed by atoms with Crippen molar-refractivity contribution < 1.29 is 0 Å². The Balaban J connectivity index is 2.15. The molecule has 0 radical (unpaired) electrons. The summed E-state index contributed by atoms with van der Waals surface area (Å²) in [5.74, 6) is 0. The summed E-state index contributed by atoms with van der Waals surface area (Å²) < 4.78 is 1.92. The molecule has 0 fully saturated rings. The molecule has 1 aliphatic rings. The third kappa shape index (κ3) is 1.80. The van der Waals surface area contributed by atoms with Gasteiger partial charge in [0.15, 0.2) is 0 Å². The predicted molar refractivity (Wildman–Crippen MR) is 66.7 cm³/mol. The minimum atomic E-state index is 0.0487. The van der Waals surface area contributed by atoms with Crippen LogP contribution in [0.5, 0.6) is 0 Å². The van der Waals surface area contributed by atoms with Crippen LogP contribution >= 0.6 is 0 Å². The van der Waals surface area contributed by atoms with Crippen LogP contribution in [-0.2, 0) is 12.8 Å². The topological polar surface area (TPSA) is 49.8 Å². The summed E-state index contributed by atoms with van der Waals surface area (Å²) in [6.07, 6.45) is 1.70. The molecule has 17 heavy (non-hydrogen) atoms. The van der Waals surface area contributed by atoms with Crippen molar-refractivity contribution in [3.63, 3.8) is 0 Å².